The Morgan fingerprint density at radius 2 is 2.04 bits per heavy atom. The maximum Gasteiger partial charge on any atom is 0.573 e. The minimum Gasteiger partial charge on any atom is -0.406 e. The molecule has 1 aromatic carbocycles. The third-order valence-electron chi connectivity index (χ3n) is 2.67. The first-order valence-electron chi connectivity index (χ1n) is 6.16. The van der Waals surface area contributed by atoms with E-state index in [9.17, 15) is 18.0 Å². The van der Waals surface area contributed by atoms with Gasteiger partial charge in [-0.15, -0.1) is 13.2 Å². The molecule has 3 aromatic rings. The third kappa shape index (κ3) is 3.54. The number of hydrogen-bond acceptors (Lipinski definition) is 6. The lowest BCUT2D eigenvalue weighted by Crippen LogP contribution is -2.17. The molecule has 0 spiro atoms. The quantitative estimate of drug-likeness (QED) is 0.795. The van der Waals surface area contributed by atoms with E-state index in [0.29, 0.717) is 11.3 Å². The van der Waals surface area contributed by atoms with Crippen molar-refractivity contribution in [3.05, 3.63) is 47.1 Å². The second-order valence-electron chi connectivity index (χ2n) is 4.28. The predicted molar refractivity (Wildman–Crippen MR) is 70.3 cm³/mol. The van der Waals surface area contributed by atoms with Crippen LogP contribution in [0, 0.1) is 0 Å². The van der Waals surface area contributed by atoms with Gasteiger partial charge in [0.1, 0.15) is 5.75 Å². The van der Waals surface area contributed by atoms with Gasteiger partial charge >= 0.3 is 12.1 Å². The molecule has 118 valence electrons. The van der Waals surface area contributed by atoms with E-state index in [4.69, 9.17) is 0 Å². The summed E-state index contributed by atoms with van der Waals surface area (Å²) in [7, 11) is 0. The van der Waals surface area contributed by atoms with E-state index in [1.54, 1.807) is 6.07 Å². The maximum absolute atomic E-state index is 12.3. The SMILES string of the molecule is O=c1[nH]c(-c2nccc(-c3cccc(OC(F)(F)F)c3)n2)no1. The number of rotatable bonds is 3. The molecule has 7 nitrogen and oxygen atoms in total. The fraction of sp³-hybridized carbons (Fsp3) is 0.0769. The first-order valence-corrected chi connectivity index (χ1v) is 6.16. The van der Waals surface area contributed by atoms with Crippen LogP contribution in [0.5, 0.6) is 5.75 Å². The molecule has 1 N–H and O–H groups in total. The van der Waals surface area contributed by atoms with Crippen molar-refractivity contribution < 1.29 is 22.4 Å². The van der Waals surface area contributed by atoms with Gasteiger partial charge in [0, 0.05) is 11.8 Å². The van der Waals surface area contributed by atoms with Crippen molar-refractivity contribution in [2.24, 2.45) is 0 Å². The monoisotopic (exact) mass is 324 g/mol. The van der Waals surface area contributed by atoms with Crippen molar-refractivity contribution in [2.45, 2.75) is 6.36 Å². The van der Waals surface area contributed by atoms with E-state index in [1.165, 1.54) is 30.5 Å². The van der Waals surface area contributed by atoms with Crippen LogP contribution in [0.3, 0.4) is 0 Å². The highest BCUT2D eigenvalue weighted by atomic mass is 19.4. The van der Waals surface area contributed by atoms with Crippen molar-refractivity contribution in [3.8, 4) is 28.7 Å². The van der Waals surface area contributed by atoms with Gasteiger partial charge in [0.25, 0.3) is 0 Å². The summed E-state index contributed by atoms with van der Waals surface area (Å²) in [6.45, 7) is 0. The first-order chi connectivity index (χ1) is 10.9. The molecule has 0 fully saturated rings. The Kier molecular flexibility index (Phi) is 3.56. The summed E-state index contributed by atoms with van der Waals surface area (Å²) < 4.78 is 45.0. The standard InChI is InChI=1S/C13H7F3N4O3/c14-13(15,16)22-8-3-1-2-7(6-8)9-4-5-17-10(18-9)11-19-12(21)23-20-11/h1-6H,(H,19,20,21). The van der Waals surface area contributed by atoms with E-state index < -0.39 is 12.1 Å². The predicted octanol–water partition coefficient (Wildman–Crippen LogP) is 2.39. The van der Waals surface area contributed by atoms with Gasteiger partial charge in [-0.25, -0.2) is 14.8 Å². The summed E-state index contributed by atoms with van der Waals surface area (Å²) in [5, 5.41) is 3.45. The number of alkyl halides is 3. The molecule has 10 heteroatoms. The largest absolute Gasteiger partial charge is 0.573 e. The number of aromatic amines is 1. The van der Waals surface area contributed by atoms with Crippen molar-refractivity contribution >= 4 is 0 Å². The molecule has 0 aliphatic carbocycles. The highest BCUT2D eigenvalue weighted by Gasteiger charge is 2.31. The van der Waals surface area contributed by atoms with E-state index >= 15 is 0 Å². The lowest BCUT2D eigenvalue weighted by Gasteiger charge is -2.10. The third-order valence-corrected chi connectivity index (χ3v) is 2.67. The molecule has 23 heavy (non-hydrogen) atoms. The highest BCUT2D eigenvalue weighted by Crippen LogP contribution is 2.27. The van der Waals surface area contributed by atoms with Gasteiger partial charge in [-0.05, 0) is 18.2 Å². The van der Waals surface area contributed by atoms with Crippen LogP contribution in [0.15, 0.2) is 45.8 Å². The van der Waals surface area contributed by atoms with Crippen molar-refractivity contribution in [2.75, 3.05) is 0 Å². The van der Waals surface area contributed by atoms with Crippen LogP contribution >= 0.6 is 0 Å². The number of halogens is 3. The minimum absolute atomic E-state index is 0.0135. The first kappa shape index (κ1) is 14.8. The summed E-state index contributed by atoms with van der Waals surface area (Å²) >= 11 is 0. The summed E-state index contributed by atoms with van der Waals surface area (Å²) in [4.78, 5) is 21.3. The van der Waals surface area contributed by atoms with Crippen LogP contribution in [0.1, 0.15) is 0 Å². The summed E-state index contributed by atoms with van der Waals surface area (Å²) in [5.41, 5.74) is 0.702. The topological polar surface area (TPSA) is 93.9 Å². The molecule has 2 aromatic heterocycles. The Morgan fingerprint density at radius 1 is 1.22 bits per heavy atom. The Bertz CT molecular complexity index is 888. The Morgan fingerprint density at radius 3 is 2.74 bits per heavy atom. The second kappa shape index (κ2) is 5.55. The molecule has 3 rings (SSSR count). The zero-order valence-corrected chi connectivity index (χ0v) is 11.2. The molecule has 0 aliphatic heterocycles. The molecule has 0 bridgehead atoms. The Labute approximate surface area is 125 Å². The van der Waals surface area contributed by atoms with Crippen LogP contribution in [0.25, 0.3) is 22.9 Å². The Balaban J connectivity index is 1.96. The Hall–Kier alpha value is -3.17. The fourth-order valence-corrected chi connectivity index (χ4v) is 1.81. The molecule has 0 atom stereocenters. The molecule has 0 saturated heterocycles. The summed E-state index contributed by atoms with van der Waals surface area (Å²) in [6, 6.07) is 6.81. The molecule has 0 unspecified atom stereocenters. The van der Waals surface area contributed by atoms with Gasteiger partial charge in [-0.1, -0.05) is 17.3 Å². The van der Waals surface area contributed by atoms with Gasteiger partial charge in [-0.2, -0.15) is 0 Å². The van der Waals surface area contributed by atoms with Crippen molar-refractivity contribution in [3.63, 3.8) is 0 Å². The van der Waals surface area contributed by atoms with Crippen LogP contribution in [-0.4, -0.2) is 26.5 Å². The lowest BCUT2D eigenvalue weighted by molar-refractivity contribution is -0.274. The maximum atomic E-state index is 12.3. The molecular weight excluding hydrogens is 317 g/mol. The fourth-order valence-electron chi connectivity index (χ4n) is 1.81. The number of hydrogen-bond donors (Lipinski definition) is 1. The molecule has 2 heterocycles. The molecule has 0 radical (unpaired) electrons. The molecule has 0 aliphatic rings. The van der Waals surface area contributed by atoms with Crippen LogP contribution in [0.4, 0.5) is 13.2 Å². The van der Waals surface area contributed by atoms with Crippen LogP contribution in [-0.2, 0) is 0 Å². The zero-order valence-electron chi connectivity index (χ0n) is 11.2. The smallest absolute Gasteiger partial charge is 0.406 e. The zero-order chi connectivity index (χ0) is 16.4. The average molecular weight is 324 g/mol. The average Bonchev–Trinajstić information content (AvgIpc) is 2.93. The summed E-state index contributed by atoms with van der Waals surface area (Å²) in [5.74, 6) is -1.06. The van der Waals surface area contributed by atoms with Crippen LogP contribution < -0.4 is 10.5 Å². The van der Waals surface area contributed by atoms with E-state index in [0.717, 1.165) is 0 Å². The van der Waals surface area contributed by atoms with Gasteiger partial charge in [0.2, 0.25) is 5.82 Å². The second-order valence-corrected chi connectivity index (χ2v) is 4.28. The highest BCUT2D eigenvalue weighted by molar-refractivity contribution is 5.62. The normalized spacial score (nSPS) is 11.4. The van der Waals surface area contributed by atoms with Crippen LogP contribution in [0.2, 0.25) is 0 Å². The van der Waals surface area contributed by atoms with Gasteiger partial charge in [-0.3, -0.25) is 9.51 Å². The number of H-pyrrole nitrogens is 1. The molecule has 0 saturated carbocycles. The van der Waals surface area contributed by atoms with E-state index in [1.807, 2.05) is 0 Å². The van der Waals surface area contributed by atoms with E-state index in [-0.39, 0.29) is 17.4 Å². The van der Waals surface area contributed by atoms with Gasteiger partial charge in [0.05, 0.1) is 5.69 Å². The lowest BCUT2D eigenvalue weighted by atomic mass is 10.1. The van der Waals surface area contributed by atoms with E-state index in [2.05, 4.69) is 29.4 Å². The number of nitrogens with zero attached hydrogens (tertiary/aromatic N) is 3. The molecule has 0 amide bonds. The number of ether oxygens (including phenoxy) is 1. The number of benzene rings is 1. The molecular formula is C13H7F3N4O3. The van der Waals surface area contributed by atoms with Crippen molar-refractivity contribution in [1.29, 1.82) is 0 Å². The minimum atomic E-state index is -4.78. The number of nitrogens with one attached hydrogen (secondary N) is 1. The van der Waals surface area contributed by atoms with Gasteiger partial charge < -0.3 is 4.74 Å². The summed E-state index contributed by atoms with van der Waals surface area (Å²) in [6.07, 6.45) is -3.41. The van der Waals surface area contributed by atoms with Gasteiger partial charge in [0.15, 0.2) is 5.82 Å². The number of aromatic nitrogens is 4. The van der Waals surface area contributed by atoms with Crippen molar-refractivity contribution in [1.82, 2.24) is 20.1 Å².